The van der Waals surface area contributed by atoms with E-state index in [0.717, 1.165) is 57.4 Å². The molecule has 0 bridgehead atoms. The number of ether oxygens (including phenoxy) is 1. The summed E-state index contributed by atoms with van der Waals surface area (Å²) in [6, 6.07) is 14.2. The lowest BCUT2D eigenvalue weighted by Crippen LogP contribution is -2.13. The number of nitrogens with zero attached hydrogens (tertiary/aromatic N) is 4. The Labute approximate surface area is 225 Å². The Morgan fingerprint density at radius 1 is 1.08 bits per heavy atom. The molecule has 0 fully saturated rings. The van der Waals surface area contributed by atoms with Crippen molar-refractivity contribution >= 4 is 28.7 Å². The molecule has 0 saturated carbocycles. The third-order valence-electron chi connectivity index (χ3n) is 6.72. The van der Waals surface area contributed by atoms with Gasteiger partial charge in [-0.1, -0.05) is 24.3 Å². The van der Waals surface area contributed by atoms with Gasteiger partial charge in [-0.2, -0.15) is 0 Å². The fourth-order valence-corrected chi connectivity index (χ4v) is 5.86. The molecular formula is C29H30FN5O2S. The van der Waals surface area contributed by atoms with Crippen LogP contribution in [0.5, 0.6) is 0 Å². The number of aromatic nitrogens is 3. The fraction of sp³-hybridized carbons (Fsp3) is 0.310. The summed E-state index contributed by atoms with van der Waals surface area (Å²) in [6.07, 6.45) is 0.880. The van der Waals surface area contributed by atoms with Crippen LogP contribution in [0.1, 0.15) is 58.2 Å². The molecule has 0 spiro atoms. The van der Waals surface area contributed by atoms with Gasteiger partial charge < -0.3 is 10.1 Å². The number of halogens is 1. The van der Waals surface area contributed by atoms with Gasteiger partial charge >= 0.3 is 5.97 Å². The van der Waals surface area contributed by atoms with E-state index < -0.39 is 6.04 Å². The molecule has 1 atom stereocenters. The molecule has 0 unspecified atom stereocenters. The highest BCUT2D eigenvalue weighted by Gasteiger charge is 2.32. The summed E-state index contributed by atoms with van der Waals surface area (Å²) >= 11 is 1.68. The number of aryl methyl sites for hydroxylation is 2. The number of hydrogen-bond donors (Lipinski definition) is 1. The zero-order valence-corrected chi connectivity index (χ0v) is 22.7. The summed E-state index contributed by atoms with van der Waals surface area (Å²) in [4.78, 5) is 18.8. The minimum atomic E-state index is -0.516. The maximum atomic E-state index is 13.2. The third-order valence-corrected chi connectivity index (χ3v) is 7.91. The third kappa shape index (κ3) is 5.11. The Balaban J connectivity index is 1.46. The lowest BCUT2D eigenvalue weighted by molar-refractivity contribution is -0.143. The number of carbonyl (C=O) groups is 1. The molecule has 1 aliphatic rings. The van der Waals surface area contributed by atoms with Crippen molar-refractivity contribution in [3.8, 4) is 5.00 Å². The van der Waals surface area contributed by atoms with Crippen molar-refractivity contribution in [1.29, 1.82) is 0 Å². The van der Waals surface area contributed by atoms with E-state index in [-0.39, 0.29) is 18.2 Å². The Morgan fingerprint density at radius 3 is 2.53 bits per heavy atom. The summed E-state index contributed by atoms with van der Waals surface area (Å²) < 4.78 is 20.4. The van der Waals surface area contributed by atoms with E-state index in [1.807, 2.05) is 35.8 Å². The first-order chi connectivity index (χ1) is 18.4. The second-order valence-electron chi connectivity index (χ2n) is 9.29. The van der Waals surface area contributed by atoms with Crippen molar-refractivity contribution in [2.45, 2.75) is 46.6 Å². The number of carbonyl (C=O) groups excluding carboxylic acids is 1. The topological polar surface area (TPSA) is 81.4 Å². The Bertz CT molecular complexity index is 1490. The molecule has 2 aromatic heterocycles. The first-order valence-electron chi connectivity index (χ1n) is 12.7. The minimum absolute atomic E-state index is 0.0888. The zero-order valence-electron chi connectivity index (χ0n) is 21.9. The largest absolute Gasteiger partial charge is 0.466 e. The maximum Gasteiger partial charge on any atom is 0.308 e. The van der Waals surface area contributed by atoms with Crippen molar-refractivity contribution in [3.05, 3.63) is 93.1 Å². The first kappa shape index (κ1) is 25.8. The molecule has 0 saturated heterocycles. The number of anilines is 1. The van der Waals surface area contributed by atoms with Crippen LogP contribution >= 0.6 is 11.3 Å². The number of thiophene rings is 1. The Hall–Kier alpha value is -3.85. The van der Waals surface area contributed by atoms with Gasteiger partial charge in [-0.05, 0) is 69.5 Å². The molecule has 38 heavy (non-hydrogen) atoms. The van der Waals surface area contributed by atoms with Gasteiger partial charge in [0.15, 0.2) is 5.82 Å². The molecule has 3 heterocycles. The summed E-state index contributed by atoms with van der Waals surface area (Å²) in [6.45, 7) is 8.98. The van der Waals surface area contributed by atoms with E-state index in [9.17, 15) is 9.18 Å². The van der Waals surface area contributed by atoms with E-state index in [1.54, 1.807) is 18.3 Å². The molecule has 196 valence electrons. The van der Waals surface area contributed by atoms with E-state index in [4.69, 9.17) is 9.73 Å². The zero-order chi connectivity index (χ0) is 26.8. The van der Waals surface area contributed by atoms with E-state index in [0.29, 0.717) is 12.4 Å². The van der Waals surface area contributed by atoms with Crippen LogP contribution < -0.4 is 5.32 Å². The Kier molecular flexibility index (Phi) is 7.37. The van der Waals surface area contributed by atoms with Gasteiger partial charge in [0.25, 0.3) is 0 Å². The highest BCUT2D eigenvalue weighted by atomic mass is 32.1. The number of aliphatic imine (C=N–C) groups is 1. The minimum Gasteiger partial charge on any atom is -0.466 e. The van der Waals surface area contributed by atoms with Gasteiger partial charge in [-0.25, -0.2) is 4.39 Å². The lowest BCUT2D eigenvalue weighted by atomic mass is 9.99. The van der Waals surface area contributed by atoms with Gasteiger partial charge in [-0.3, -0.25) is 14.4 Å². The van der Waals surface area contributed by atoms with E-state index >= 15 is 0 Å². The summed E-state index contributed by atoms with van der Waals surface area (Å²) in [5.41, 5.74) is 6.05. The standard InChI is InChI=1S/C29H30FN5O2S/c1-5-37-25(36)16-24-28-34-33-19(4)35(28)29-26(17(2)18(3)38-29)27(32-24)21-8-12-23(13-9-21)31-15-14-20-6-10-22(30)11-7-20/h6-13,24,31H,5,14-16H2,1-4H3/t24-/m0/s1. The number of hydrogen-bond acceptors (Lipinski definition) is 7. The second-order valence-corrected chi connectivity index (χ2v) is 10.5. The summed E-state index contributed by atoms with van der Waals surface area (Å²) in [5, 5.41) is 13.2. The van der Waals surface area contributed by atoms with Crippen LogP contribution in [-0.2, 0) is 16.0 Å². The van der Waals surface area contributed by atoms with E-state index in [2.05, 4.69) is 41.5 Å². The molecule has 0 amide bonds. The average molecular weight is 532 g/mol. The van der Waals surface area contributed by atoms with Crippen molar-refractivity contribution in [2.75, 3.05) is 18.5 Å². The Morgan fingerprint density at radius 2 is 1.82 bits per heavy atom. The smallest absolute Gasteiger partial charge is 0.308 e. The number of benzene rings is 2. The van der Waals surface area contributed by atoms with Gasteiger partial charge in [0.05, 0.1) is 18.7 Å². The molecule has 0 aliphatic carbocycles. The molecule has 4 aromatic rings. The van der Waals surface area contributed by atoms with Crippen molar-refractivity contribution in [2.24, 2.45) is 4.99 Å². The molecule has 2 aromatic carbocycles. The molecule has 0 radical (unpaired) electrons. The summed E-state index contributed by atoms with van der Waals surface area (Å²) in [5.74, 6) is 0.865. The maximum absolute atomic E-state index is 13.2. The number of esters is 1. The number of rotatable bonds is 8. The van der Waals surface area contributed by atoms with Gasteiger partial charge in [0.2, 0.25) is 0 Å². The average Bonchev–Trinajstić information content (AvgIpc) is 3.38. The highest BCUT2D eigenvalue weighted by molar-refractivity contribution is 7.15. The molecule has 9 heteroatoms. The van der Waals surface area contributed by atoms with Crippen LogP contribution in [0, 0.1) is 26.6 Å². The van der Waals surface area contributed by atoms with Crippen LogP contribution in [0.4, 0.5) is 10.1 Å². The molecule has 1 N–H and O–H groups in total. The predicted octanol–water partition coefficient (Wildman–Crippen LogP) is 5.89. The predicted molar refractivity (Wildman–Crippen MR) is 148 cm³/mol. The molecule has 5 rings (SSSR count). The van der Waals surface area contributed by atoms with Crippen LogP contribution in [0.15, 0.2) is 53.5 Å². The van der Waals surface area contributed by atoms with Gasteiger partial charge in [-0.15, -0.1) is 21.5 Å². The highest BCUT2D eigenvalue weighted by Crippen LogP contribution is 2.39. The van der Waals surface area contributed by atoms with Crippen LogP contribution in [0.3, 0.4) is 0 Å². The normalized spacial score (nSPS) is 14.3. The monoisotopic (exact) mass is 531 g/mol. The first-order valence-corrected chi connectivity index (χ1v) is 13.5. The quantitative estimate of drug-likeness (QED) is 0.287. The number of nitrogens with one attached hydrogen (secondary N) is 1. The van der Waals surface area contributed by atoms with Crippen molar-refractivity contribution in [1.82, 2.24) is 14.8 Å². The van der Waals surface area contributed by atoms with Crippen molar-refractivity contribution in [3.63, 3.8) is 0 Å². The van der Waals surface area contributed by atoms with Gasteiger partial charge in [0, 0.05) is 28.2 Å². The molecule has 7 nitrogen and oxygen atoms in total. The number of fused-ring (bicyclic) bond motifs is 3. The fourth-order valence-electron chi connectivity index (χ4n) is 4.65. The van der Waals surface area contributed by atoms with Crippen LogP contribution in [-0.4, -0.2) is 39.6 Å². The van der Waals surface area contributed by atoms with Gasteiger partial charge in [0.1, 0.15) is 22.7 Å². The summed E-state index contributed by atoms with van der Waals surface area (Å²) in [7, 11) is 0. The van der Waals surface area contributed by atoms with E-state index in [1.165, 1.54) is 17.0 Å². The van der Waals surface area contributed by atoms with Crippen LogP contribution in [0.2, 0.25) is 0 Å². The molecule has 1 aliphatic heterocycles. The second kappa shape index (κ2) is 10.9. The SMILES string of the molecule is CCOC(=O)C[C@@H]1N=C(c2ccc(NCCc3ccc(F)cc3)cc2)c2c(sc(C)c2C)-n2c(C)nnc21. The van der Waals surface area contributed by atoms with Crippen LogP contribution in [0.25, 0.3) is 5.00 Å². The van der Waals surface area contributed by atoms with Crippen molar-refractivity contribution < 1.29 is 13.9 Å². The molecular weight excluding hydrogens is 501 g/mol. The lowest BCUT2D eigenvalue weighted by Gasteiger charge is -2.13.